The quantitative estimate of drug-likeness (QED) is 0.862. The Labute approximate surface area is 124 Å². The first kappa shape index (κ1) is 14.7. The summed E-state index contributed by atoms with van der Waals surface area (Å²) in [4.78, 5) is 20.2. The SMILES string of the molecule is CN(Cc1ccncc1)C(=O)c1ccc(C(C)(C)C)s1. The highest BCUT2D eigenvalue weighted by Crippen LogP contribution is 2.30. The molecule has 1 amide bonds. The zero-order valence-corrected chi connectivity index (χ0v) is 13.2. The fourth-order valence-electron chi connectivity index (χ4n) is 1.88. The van der Waals surface area contributed by atoms with E-state index in [1.165, 1.54) is 4.88 Å². The van der Waals surface area contributed by atoms with Crippen molar-refractivity contribution in [2.45, 2.75) is 32.7 Å². The van der Waals surface area contributed by atoms with E-state index in [0.29, 0.717) is 6.54 Å². The molecule has 2 aromatic heterocycles. The number of hydrogen-bond donors (Lipinski definition) is 0. The Hall–Kier alpha value is -1.68. The van der Waals surface area contributed by atoms with Crippen LogP contribution < -0.4 is 0 Å². The largest absolute Gasteiger partial charge is 0.337 e. The van der Waals surface area contributed by atoms with E-state index < -0.39 is 0 Å². The molecule has 4 heteroatoms. The molecule has 3 nitrogen and oxygen atoms in total. The van der Waals surface area contributed by atoms with Gasteiger partial charge in [-0.3, -0.25) is 9.78 Å². The van der Waals surface area contributed by atoms with Crippen LogP contribution in [0, 0.1) is 0 Å². The Kier molecular flexibility index (Phi) is 4.23. The molecule has 0 radical (unpaired) electrons. The van der Waals surface area contributed by atoms with Crippen LogP contribution in [0.1, 0.15) is 40.9 Å². The minimum absolute atomic E-state index is 0.0716. The molecule has 0 saturated carbocycles. The van der Waals surface area contributed by atoms with Crippen molar-refractivity contribution in [3.05, 3.63) is 52.0 Å². The first-order valence-corrected chi connectivity index (χ1v) is 7.44. The van der Waals surface area contributed by atoms with Crippen molar-refractivity contribution in [3.8, 4) is 0 Å². The molecule has 2 aromatic rings. The van der Waals surface area contributed by atoms with Gasteiger partial charge in [-0.15, -0.1) is 11.3 Å². The van der Waals surface area contributed by atoms with Gasteiger partial charge in [0.25, 0.3) is 5.91 Å². The minimum atomic E-state index is 0.0716. The van der Waals surface area contributed by atoms with Crippen LogP contribution in [0.3, 0.4) is 0 Å². The molecule has 0 fully saturated rings. The maximum Gasteiger partial charge on any atom is 0.263 e. The smallest absolute Gasteiger partial charge is 0.263 e. The van der Waals surface area contributed by atoms with Crippen molar-refractivity contribution in [1.82, 2.24) is 9.88 Å². The fraction of sp³-hybridized carbons (Fsp3) is 0.375. The first-order valence-electron chi connectivity index (χ1n) is 6.62. The molecular weight excluding hydrogens is 268 g/mol. The lowest BCUT2D eigenvalue weighted by Gasteiger charge is -2.17. The molecule has 106 valence electrons. The van der Waals surface area contributed by atoms with Gasteiger partial charge in [-0.2, -0.15) is 0 Å². The van der Waals surface area contributed by atoms with E-state index in [1.807, 2.05) is 25.2 Å². The van der Waals surface area contributed by atoms with E-state index in [2.05, 4.69) is 31.8 Å². The highest BCUT2D eigenvalue weighted by Gasteiger charge is 2.20. The lowest BCUT2D eigenvalue weighted by molar-refractivity contribution is 0.0790. The van der Waals surface area contributed by atoms with Gasteiger partial charge < -0.3 is 4.90 Å². The number of amides is 1. The number of rotatable bonds is 3. The number of aromatic nitrogens is 1. The van der Waals surface area contributed by atoms with Gasteiger partial charge in [-0.05, 0) is 35.2 Å². The Bertz CT molecular complexity index is 584. The maximum absolute atomic E-state index is 12.4. The van der Waals surface area contributed by atoms with Gasteiger partial charge in [0.15, 0.2) is 0 Å². The lowest BCUT2D eigenvalue weighted by atomic mass is 9.95. The average Bonchev–Trinajstić information content (AvgIpc) is 2.88. The van der Waals surface area contributed by atoms with Crippen molar-refractivity contribution in [1.29, 1.82) is 0 Å². The van der Waals surface area contributed by atoms with Crippen molar-refractivity contribution in [3.63, 3.8) is 0 Å². The summed E-state index contributed by atoms with van der Waals surface area (Å²) in [5.74, 6) is 0.0716. The number of hydrogen-bond acceptors (Lipinski definition) is 3. The van der Waals surface area contributed by atoms with E-state index in [9.17, 15) is 4.79 Å². The third-order valence-corrected chi connectivity index (χ3v) is 4.57. The molecule has 0 saturated heterocycles. The van der Waals surface area contributed by atoms with Crippen LogP contribution in [0.15, 0.2) is 36.7 Å². The molecule has 2 heterocycles. The van der Waals surface area contributed by atoms with Gasteiger partial charge in [0.2, 0.25) is 0 Å². The van der Waals surface area contributed by atoms with E-state index in [0.717, 1.165) is 10.4 Å². The van der Waals surface area contributed by atoms with Gasteiger partial charge in [0.05, 0.1) is 4.88 Å². The highest BCUT2D eigenvalue weighted by atomic mass is 32.1. The summed E-state index contributed by atoms with van der Waals surface area (Å²) in [5.41, 5.74) is 1.18. The third kappa shape index (κ3) is 3.45. The van der Waals surface area contributed by atoms with E-state index in [1.54, 1.807) is 28.6 Å². The Morgan fingerprint density at radius 1 is 1.20 bits per heavy atom. The normalized spacial score (nSPS) is 11.4. The number of nitrogens with zero attached hydrogens (tertiary/aromatic N) is 2. The van der Waals surface area contributed by atoms with Crippen molar-refractivity contribution >= 4 is 17.2 Å². The fourth-order valence-corrected chi connectivity index (χ4v) is 2.94. The van der Waals surface area contributed by atoms with Crippen molar-refractivity contribution < 1.29 is 4.79 Å². The second-order valence-electron chi connectivity index (χ2n) is 5.93. The van der Waals surface area contributed by atoms with E-state index in [4.69, 9.17) is 0 Å². The van der Waals surface area contributed by atoms with E-state index >= 15 is 0 Å². The zero-order chi connectivity index (χ0) is 14.8. The van der Waals surface area contributed by atoms with Crippen molar-refractivity contribution in [2.75, 3.05) is 7.05 Å². The molecule has 0 aliphatic carbocycles. The van der Waals surface area contributed by atoms with Crippen LogP contribution in [0.4, 0.5) is 0 Å². The molecule has 0 spiro atoms. The molecule has 0 aromatic carbocycles. The second-order valence-corrected chi connectivity index (χ2v) is 7.01. The predicted molar refractivity (Wildman–Crippen MR) is 83.1 cm³/mol. The third-order valence-electron chi connectivity index (χ3n) is 3.07. The number of pyridine rings is 1. The molecule has 0 bridgehead atoms. The summed E-state index contributed by atoms with van der Waals surface area (Å²) in [6.07, 6.45) is 3.49. The summed E-state index contributed by atoms with van der Waals surface area (Å²) in [6, 6.07) is 7.84. The molecule has 2 rings (SSSR count). The molecular formula is C16H20N2OS. The number of thiophene rings is 1. The minimum Gasteiger partial charge on any atom is -0.337 e. The Morgan fingerprint density at radius 2 is 1.85 bits per heavy atom. The maximum atomic E-state index is 12.4. The van der Waals surface area contributed by atoms with Crippen LogP contribution in [0.25, 0.3) is 0 Å². The average molecular weight is 288 g/mol. The summed E-state index contributed by atoms with van der Waals surface area (Å²) >= 11 is 1.58. The van der Waals surface area contributed by atoms with Crippen LogP contribution in [-0.4, -0.2) is 22.8 Å². The molecule has 0 unspecified atom stereocenters. The Balaban J connectivity index is 2.09. The summed E-state index contributed by atoms with van der Waals surface area (Å²) in [6.45, 7) is 7.08. The lowest BCUT2D eigenvalue weighted by Crippen LogP contribution is -2.25. The number of carbonyl (C=O) groups is 1. The molecule has 0 atom stereocenters. The Morgan fingerprint density at radius 3 is 2.40 bits per heavy atom. The van der Waals surface area contributed by atoms with Crippen LogP contribution in [0.2, 0.25) is 0 Å². The zero-order valence-electron chi connectivity index (χ0n) is 12.4. The second kappa shape index (κ2) is 5.75. The number of carbonyl (C=O) groups excluding carboxylic acids is 1. The van der Waals surface area contributed by atoms with Crippen molar-refractivity contribution in [2.24, 2.45) is 0 Å². The van der Waals surface area contributed by atoms with Gasteiger partial charge >= 0.3 is 0 Å². The molecule has 20 heavy (non-hydrogen) atoms. The van der Waals surface area contributed by atoms with Gasteiger partial charge in [-0.1, -0.05) is 20.8 Å². The monoisotopic (exact) mass is 288 g/mol. The summed E-state index contributed by atoms with van der Waals surface area (Å²) < 4.78 is 0. The molecule has 0 N–H and O–H groups in total. The summed E-state index contributed by atoms with van der Waals surface area (Å²) in [5, 5.41) is 0. The van der Waals surface area contributed by atoms with Crippen LogP contribution >= 0.6 is 11.3 Å². The topological polar surface area (TPSA) is 33.2 Å². The highest BCUT2D eigenvalue weighted by molar-refractivity contribution is 7.14. The van der Waals surface area contributed by atoms with E-state index in [-0.39, 0.29) is 11.3 Å². The van der Waals surface area contributed by atoms with Crippen LogP contribution in [0.5, 0.6) is 0 Å². The molecule has 0 aliphatic heterocycles. The van der Waals surface area contributed by atoms with Crippen LogP contribution in [-0.2, 0) is 12.0 Å². The standard InChI is InChI=1S/C16H20N2OS/c1-16(2,3)14-6-5-13(20-14)15(19)18(4)11-12-7-9-17-10-8-12/h5-10H,11H2,1-4H3. The predicted octanol–water partition coefficient (Wildman–Crippen LogP) is 3.71. The van der Waals surface area contributed by atoms with Gasteiger partial charge in [-0.25, -0.2) is 0 Å². The summed E-state index contributed by atoms with van der Waals surface area (Å²) in [7, 11) is 1.83. The van der Waals surface area contributed by atoms with Gasteiger partial charge in [0, 0.05) is 30.9 Å². The first-order chi connectivity index (χ1) is 9.38. The van der Waals surface area contributed by atoms with Gasteiger partial charge in [0.1, 0.15) is 0 Å². The molecule has 0 aliphatic rings.